The van der Waals surface area contributed by atoms with Crippen molar-refractivity contribution in [3.05, 3.63) is 86.9 Å². The molecule has 1 aromatic carbocycles. The molecule has 0 radical (unpaired) electrons. The SMILES string of the molecule is CCOC(=O)Cc1cc2c(s1)CCN(C(=O)[C@H](Cc1ccncc1)NC(=O)c1ccc(C(=N)N)cc1)C2. The second kappa shape index (κ2) is 11.8. The molecule has 2 amide bonds. The molecule has 0 fully saturated rings. The first kappa shape index (κ1) is 26.0. The van der Waals surface area contributed by atoms with E-state index < -0.39 is 6.04 Å². The lowest BCUT2D eigenvalue weighted by molar-refractivity contribution is -0.142. The number of fused-ring (bicyclic) bond motifs is 1. The number of nitrogens with one attached hydrogen (secondary N) is 2. The molecule has 0 aliphatic carbocycles. The predicted molar refractivity (Wildman–Crippen MR) is 140 cm³/mol. The van der Waals surface area contributed by atoms with Gasteiger partial charge in [-0.1, -0.05) is 12.1 Å². The number of hydrogen-bond donors (Lipinski definition) is 3. The quantitative estimate of drug-likeness (QED) is 0.226. The Bertz CT molecular complexity index is 1290. The molecular formula is C27H29N5O4S. The molecule has 0 saturated heterocycles. The van der Waals surface area contributed by atoms with Crippen LogP contribution in [0.2, 0.25) is 0 Å². The fourth-order valence-corrected chi connectivity index (χ4v) is 5.40. The van der Waals surface area contributed by atoms with Gasteiger partial charge in [0.1, 0.15) is 11.9 Å². The van der Waals surface area contributed by atoms with Gasteiger partial charge in [0.05, 0.1) is 13.0 Å². The third-order valence-electron chi connectivity index (χ3n) is 6.10. The topological polar surface area (TPSA) is 138 Å². The number of rotatable bonds is 9. The number of hydrogen-bond acceptors (Lipinski definition) is 7. The van der Waals surface area contributed by atoms with Crippen LogP contribution in [-0.4, -0.2) is 52.7 Å². The molecule has 37 heavy (non-hydrogen) atoms. The van der Waals surface area contributed by atoms with Gasteiger partial charge in [0, 0.05) is 52.8 Å². The van der Waals surface area contributed by atoms with Gasteiger partial charge < -0.3 is 20.7 Å². The first-order valence-corrected chi connectivity index (χ1v) is 12.8. The molecule has 0 spiro atoms. The van der Waals surface area contributed by atoms with Gasteiger partial charge in [-0.05, 0) is 54.8 Å². The second-order valence-corrected chi connectivity index (χ2v) is 9.95. The largest absolute Gasteiger partial charge is 0.466 e. The van der Waals surface area contributed by atoms with Gasteiger partial charge in [0.25, 0.3) is 5.91 Å². The van der Waals surface area contributed by atoms with Crippen molar-refractivity contribution < 1.29 is 19.1 Å². The summed E-state index contributed by atoms with van der Waals surface area (Å²) in [5.41, 5.74) is 8.30. The fraction of sp³-hybridized carbons (Fsp3) is 0.296. The zero-order valence-corrected chi connectivity index (χ0v) is 21.3. The number of thiophene rings is 1. The highest BCUT2D eigenvalue weighted by Gasteiger charge is 2.30. The van der Waals surface area contributed by atoms with Crippen LogP contribution in [0.5, 0.6) is 0 Å². The van der Waals surface area contributed by atoms with E-state index in [1.54, 1.807) is 59.8 Å². The van der Waals surface area contributed by atoms with Crippen molar-refractivity contribution in [2.75, 3.05) is 13.2 Å². The van der Waals surface area contributed by atoms with Crippen LogP contribution in [-0.2, 0) is 40.1 Å². The summed E-state index contributed by atoms with van der Waals surface area (Å²) in [6.07, 6.45) is 4.55. The van der Waals surface area contributed by atoms with Crippen molar-refractivity contribution in [2.45, 2.75) is 38.8 Å². The molecule has 192 valence electrons. The summed E-state index contributed by atoms with van der Waals surface area (Å²) in [5.74, 6) is -0.895. The molecule has 2 aromatic heterocycles. The summed E-state index contributed by atoms with van der Waals surface area (Å²) in [6, 6.07) is 11.2. The average Bonchev–Trinajstić information content (AvgIpc) is 3.30. The minimum Gasteiger partial charge on any atom is -0.466 e. The normalized spacial score (nSPS) is 13.4. The maximum atomic E-state index is 13.7. The summed E-state index contributed by atoms with van der Waals surface area (Å²) in [7, 11) is 0. The molecule has 0 bridgehead atoms. The Balaban J connectivity index is 1.50. The van der Waals surface area contributed by atoms with Gasteiger partial charge in [0.15, 0.2) is 0 Å². The number of amides is 2. The average molecular weight is 520 g/mol. The van der Waals surface area contributed by atoms with Gasteiger partial charge in [0.2, 0.25) is 5.91 Å². The van der Waals surface area contributed by atoms with E-state index in [0.717, 1.165) is 16.0 Å². The Hall–Kier alpha value is -4.05. The first-order valence-electron chi connectivity index (χ1n) is 12.0. The third-order valence-corrected chi connectivity index (χ3v) is 7.34. The highest BCUT2D eigenvalue weighted by molar-refractivity contribution is 7.12. The van der Waals surface area contributed by atoms with Gasteiger partial charge in [-0.2, -0.15) is 0 Å². The van der Waals surface area contributed by atoms with Crippen molar-refractivity contribution >= 4 is 35.0 Å². The number of aromatic nitrogens is 1. The Morgan fingerprint density at radius 2 is 1.86 bits per heavy atom. The maximum Gasteiger partial charge on any atom is 0.311 e. The van der Waals surface area contributed by atoms with Gasteiger partial charge in [-0.3, -0.25) is 24.8 Å². The number of ether oxygens (including phenoxy) is 1. The van der Waals surface area contributed by atoms with E-state index in [2.05, 4.69) is 10.3 Å². The summed E-state index contributed by atoms with van der Waals surface area (Å²) < 4.78 is 5.06. The molecule has 1 aliphatic rings. The molecule has 0 saturated carbocycles. The number of nitrogens with zero attached hydrogens (tertiary/aromatic N) is 2. The number of pyridine rings is 1. The highest BCUT2D eigenvalue weighted by atomic mass is 32.1. The lowest BCUT2D eigenvalue weighted by Crippen LogP contribution is -2.50. The maximum absolute atomic E-state index is 13.7. The van der Waals surface area contributed by atoms with E-state index in [-0.39, 0.29) is 30.0 Å². The minimum absolute atomic E-state index is 0.0824. The zero-order valence-electron chi connectivity index (χ0n) is 20.5. The predicted octanol–water partition coefficient (Wildman–Crippen LogP) is 2.46. The van der Waals surface area contributed by atoms with E-state index in [1.165, 1.54) is 4.88 Å². The second-order valence-electron chi connectivity index (χ2n) is 8.73. The van der Waals surface area contributed by atoms with Gasteiger partial charge in [-0.25, -0.2) is 0 Å². The molecule has 4 N–H and O–H groups in total. The van der Waals surface area contributed by atoms with Crippen LogP contribution in [0, 0.1) is 5.41 Å². The Morgan fingerprint density at radius 3 is 2.54 bits per heavy atom. The van der Waals surface area contributed by atoms with Crippen molar-refractivity contribution in [1.82, 2.24) is 15.2 Å². The molecule has 1 atom stereocenters. The number of nitrogens with two attached hydrogens (primary N) is 1. The first-order chi connectivity index (χ1) is 17.8. The van der Waals surface area contributed by atoms with Crippen LogP contribution < -0.4 is 11.1 Å². The van der Waals surface area contributed by atoms with Crippen LogP contribution in [0.25, 0.3) is 0 Å². The number of nitrogen functional groups attached to an aromatic ring is 1. The molecule has 9 nitrogen and oxygen atoms in total. The molecule has 10 heteroatoms. The van der Waals surface area contributed by atoms with Crippen LogP contribution in [0.3, 0.4) is 0 Å². The highest BCUT2D eigenvalue weighted by Crippen LogP contribution is 2.29. The number of carbonyl (C=O) groups is 3. The van der Waals surface area contributed by atoms with Crippen LogP contribution in [0.15, 0.2) is 54.9 Å². The fourth-order valence-electron chi connectivity index (χ4n) is 4.24. The Morgan fingerprint density at radius 1 is 1.16 bits per heavy atom. The summed E-state index contributed by atoms with van der Waals surface area (Å²) >= 11 is 1.59. The van der Waals surface area contributed by atoms with Crippen molar-refractivity contribution in [3.8, 4) is 0 Å². The van der Waals surface area contributed by atoms with E-state index >= 15 is 0 Å². The Labute approximate surface area is 219 Å². The van der Waals surface area contributed by atoms with E-state index in [0.29, 0.717) is 43.7 Å². The van der Waals surface area contributed by atoms with Crippen LogP contribution in [0.4, 0.5) is 0 Å². The number of carbonyl (C=O) groups excluding carboxylic acids is 3. The summed E-state index contributed by atoms with van der Waals surface area (Å²) in [5, 5.41) is 10.4. The molecule has 3 aromatic rings. The molecule has 0 unspecified atom stereocenters. The smallest absolute Gasteiger partial charge is 0.311 e. The monoisotopic (exact) mass is 519 g/mol. The standard InChI is InChI=1S/C27H29N5O4S/c1-2-36-24(33)15-21-14-20-16-32(12-9-23(20)37-21)27(35)22(13-17-7-10-30-11-8-17)31-26(34)19-5-3-18(4-6-19)25(28)29/h3-8,10-11,14,22H,2,9,12-13,15-16H2,1H3,(H3,28,29)(H,31,34)/t22-/m0/s1. The van der Waals surface area contributed by atoms with E-state index in [4.69, 9.17) is 15.9 Å². The lowest BCUT2D eigenvalue weighted by Gasteiger charge is -2.31. The molecule has 3 heterocycles. The molecule has 1 aliphatic heterocycles. The Kier molecular flexibility index (Phi) is 8.29. The lowest BCUT2D eigenvalue weighted by atomic mass is 10.0. The zero-order chi connectivity index (χ0) is 26.4. The van der Waals surface area contributed by atoms with E-state index in [9.17, 15) is 14.4 Å². The van der Waals surface area contributed by atoms with Gasteiger partial charge in [-0.15, -0.1) is 11.3 Å². The third kappa shape index (κ3) is 6.59. The minimum atomic E-state index is -0.776. The molecule has 4 rings (SSSR count). The van der Waals surface area contributed by atoms with Crippen molar-refractivity contribution in [2.24, 2.45) is 5.73 Å². The number of esters is 1. The van der Waals surface area contributed by atoms with Crippen LogP contribution in [0.1, 0.15) is 43.7 Å². The molecular weight excluding hydrogens is 490 g/mol. The summed E-state index contributed by atoms with van der Waals surface area (Å²) in [4.78, 5) is 46.5. The van der Waals surface area contributed by atoms with Gasteiger partial charge >= 0.3 is 5.97 Å². The number of benzene rings is 1. The number of amidine groups is 1. The van der Waals surface area contributed by atoms with Crippen LogP contribution >= 0.6 is 11.3 Å². The van der Waals surface area contributed by atoms with Crippen molar-refractivity contribution in [3.63, 3.8) is 0 Å². The van der Waals surface area contributed by atoms with Crippen molar-refractivity contribution in [1.29, 1.82) is 5.41 Å². The van der Waals surface area contributed by atoms with E-state index in [1.807, 2.05) is 18.2 Å². The summed E-state index contributed by atoms with van der Waals surface area (Å²) in [6.45, 7) is 3.07.